The van der Waals surface area contributed by atoms with Crippen molar-refractivity contribution in [2.24, 2.45) is 29.6 Å². The van der Waals surface area contributed by atoms with Crippen LogP contribution in [0.3, 0.4) is 0 Å². The SMILES string of the molecule is O=C(N[C@@H](Cc1c[nH]c2ccccc12)C(=O)N[C@H]1CCCN2C(=O)N(Cc3ccccc3)C(=O)C[C@H]12)C1C2CC3CC(C2)CC1C3. The Kier molecular flexibility index (Phi) is 7.57. The smallest absolute Gasteiger partial charge is 0.327 e. The molecule has 240 valence electrons. The Morgan fingerprint density at radius 3 is 2.39 bits per heavy atom. The molecule has 2 aliphatic heterocycles. The van der Waals surface area contributed by atoms with Crippen molar-refractivity contribution in [1.29, 1.82) is 0 Å². The highest BCUT2D eigenvalue weighted by Gasteiger charge is 2.51. The number of aromatic nitrogens is 1. The Balaban J connectivity index is 1.01. The summed E-state index contributed by atoms with van der Waals surface area (Å²) in [6.45, 7) is 0.790. The van der Waals surface area contributed by atoms with Crippen LogP contribution in [-0.2, 0) is 27.3 Å². The number of nitrogens with one attached hydrogen (secondary N) is 3. The first kappa shape index (κ1) is 29.3. The lowest BCUT2D eigenvalue weighted by atomic mass is 9.51. The average Bonchev–Trinajstić information content (AvgIpc) is 3.46. The molecule has 2 saturated heterocycles. The molecule has 46 heavy (non-hydrogen) atoms. The molecular weight excluding hydrogens is 578 g/mol. The van der Waals surface area contributed by atoms with E-state index in [1.807, 2.05) is 60.8 Å². The number of urea groups is 1. The summed E-state index contributed by atoms with van der Waals surface area (Å²) in [5.74, 6) is 1.86. The van der Waals surface area contributed by atoms with Gasteiger partial charge in [0.05, 0.1) is 12.6 Å². The van der Waals surface area contributed by atoms with Crippen LogP contribution in [0.2, 0.25) is 0 Å². The van der Waals surface area contributed by atoms with Crippen LogP contribution in [0.1, 0.15) is 62.5 Å². The standard InChI is InChI=1S/C37H43N5O4/c43-33-19-32-30(11-6-12-41(32)37(46)42(33)21-22-7-2-1-3-8-22)39-35(44)31(18-27-20-38-29-10-5-4-9-28(27)29)40-36(45)34-25-14-23-13-24(16-25)17-26(34)15-23/h1-5,7-10,20,23-26,30-32,34,38H,6,11-19,21H2,(H,39,44)(H,40,45)/t23?,24?,25?,26?,30-,31-,32+,34?/m0/s1. The number of fused-ring (bicyclic) bond motifs is 2. The second-order valence-corrected chi connectivity index (χ2v) is 14.6. The van der Waals surface area contributed by atoms with E-state index in [1.54, 1.807) is 4.90 Å². The fourth-order valence-corrected chi connectivity index (χ4v) is 9.82. The van der Waals surface area contributed by atoms with Crippen molar-refractivity contribution in [2.75, 3.05) is 6.54 Å². The zero-order valence-corrected chi connectivity index (χ0v) is 26.2. The molecule has 5 amide bonds. The highest BCUT2D eigenvalue weighted by molar-refractivity contribution is 5.98. The molecule has 3 N–H and O–H groups in total. The van der Waals surface area contributed by atoms with Crippen molar-refractivity contribution < 1.29 is 19.2 Å². The molecule has 9 nitrogen and oxygen atoms in total. The normalized spacial score (nSPS) is 30.7. The molecule has 4 bridgehead atoms. The number of para-hydroxylation sites is 1. The minimum atomic E-state index is -0.760. The van der Waals surface area contributed by atoms with Gasteiger partial charge in [-0.05, 0) is 85.8 Å². The minimum absolute atomic E-state index is 0.0126. The van der Waals surface area contributed by atoms with Gasteiger partial charge in [-0.15, -0.1) is 0 Å². The number of imide groups is 1. The van der Waals surface area contributed by atoms with Gasteiger partial charge in [0.25, 0.3) is 0 Å². The lowest BCUT2D eigenvalue weighted by molar-refractivity contribution is -0.141. The number of hydrogen-bond acceptors (Lipinski definition) is 4. The molecule has 0 radical (unpaired) electrons. The molecule has 4 saturated carbocycles. The van der Waals surface area contributed by atoms with E-state index < -0.39 is 12.1 Å². The molecular formula is C37H43N5O4. The summed E-state index contributed by atoms with van der Waals surface area (Å²) < 4.78 is 0. The van der Waals surface area contributed by atoms with E-state index in [1.165, 1.54) is 11.3 Å². The number of piperidine rings is 1. The predicted molar refractivity (Wildman–Crippen MR) is 173 cm³/mol. The molecule has 6 aliphatic rings. The molecule has 3 heterocycles. The zero-order valence-electron chi connectivity index (χ0n) is 26.2. The second-order valence-electron chi connectivity index (χ2n) is 14.6. The van der Waals surface area contributed by atoms with Gasteiger partial charge in [-0.3, -0.25) is 19.3 Å². The van der Waals surface area contributed by atoms with E-state index in [0.717, 1.165) is 66.0 Å². The minimum Gasteiger partial charge on any atom is -0.361 e. The Morgan fingerprint density at radius 1 is 0.913 bits per heavy atom. The van der Waals surface area contributed by atoms with Gasteiger partial charge in [0.1, 0.15) is 6.04 Å². The van der Waals surface area contributed by atoms with Crippen LogP contribution in [0, 0.1) is 29.6 Å². The van der Waals surface area contributed by atoms with E-state index >= 15 is 0 Å². The largest absolute Gasteiger partial charge is 0.361 e. The van der Waals surface area contributed by atoms with Crippen LogP contribution in [0.25, 0.3) is 10.9 Å². The van der Waals surface area contributed by atoms with Crippen molar-refractivity contribution in [3.8, 4) is 0 Å². The van der Waals surface area contributed by atoms with Gasteiger partial charge in [0, 0.05) is 48.4 Å². The van der Waals surface area contributed by atoms with Gasteiger partial charge in [0.15, 0.2) is 0 Å². The van der Waals surface area contributed by atoms with E-state index in [2.05, 4.69) is 15.6 Å². The lowest BCUT2D eigenvalue weighted by Gasteiger charge is -2.53. The van der Waals surface area contributed by atoms with Crippen LogP contribution in [0.15, 0.2) is 60.8 Å². The number of hydrogen-bond donors (Lipinski definition) is 3. The quantitative estimate of drug-likeness (QED) is 0.336. The van der Waals surface area contributed by atoms with E-state index in [0.29, 0.717) is 31.2 Å². The number of carbonyl (C=O) groups is 4. The molecule has 9 heteroatoms. The van der Waals surface area contributed by atoms with Crippen molar-refractivity contribution in [2.45, 2.75) is 82.5 Å². The van der Waals surface area contributed by atoms with Crippen molar-refractivity contribution in [1.82, 2.24) is 25.4 Å². The molecule has 3 aromatic rings. The van der Waals surface area contributed by atoms with E-state index in [-0.39, 0.29) is 48.7 Å². The molecule has 1 aromatic heterocycles. The number of benzene rings is 2. The number of carbonyl (C=O) groups excluding carboxylic acids is 4. The first-order valence-corrected chi connectivity index (χ1v) is 17.2. The molecule has 9 rings (SSSR count). The third kappa shape index (κ3) is 5.37. The van der Waals surface area contributed by atoms with Crippen LogP contribution in [-0.4, -0.2) is 63.2 Å². The molecule has 2 aromatic carbocycles. The van der Waals surface area contributed by atoms with Crippen LogP contribution in [0.5, 0.6) is 0 Å². The molecule has 4 aliphatic carbocycles. The highest BCUT2D eigenvalue weighted by Crippen LogP contribution is 2.56. The number of aromatic amines is 1. The third-order valence-corrected chi connectivity index (χ3v) is 11.7. The van der Waals surface area contributed by atoms with Gasteiger partial charge in [-0.1, -0.05) is 48.5 Å². The fourth-order valence-electron chi connectivity index (χ4n) is 9.82. The van der Waals surface area contributed by atoms with Gasteiger partial charge in [-0.2, -0.15) is 0 Å². The van der Waals surface area contributed by atoms with E-state index in [9.17, 15) is 19.2 Å². The van der Waals surface area contributed by atoms with Crippen LogP contribution >= 0.6 is 0 Å². The summed E-state index contributed by atoms with van der Waals surface area (Å²) >= 11 is 0. The summed E-state index contributed by atoms with van der Waals surface area (Å²) in [6.07, 6.45) is 9.71. The Morgan fingerprint density at radius 2 is 1.63 bits per heavy atom. The highest BCUT2D eigenvalue weighted by atomic mass is 16.2. The summed E-state index contributed by atoms with van der Waals surface area (Å²) in [5, 5.41) is 7.51. The first-order chi connectivity index (χ1) is 22.4. The molecule has 3 atom stereocenters. The van der Waals surface area contributed by atoms with Crippen LogP contribution < -0.4 is 10.6 Å². The fraction of sp³-hybridized carbons (Fsp3) is 0.514. The number of amides is 5. The summed E-state index contributed by atoms with van der Waals surface area (Å²) in [4.78, 5) is 61.5. The maximum atomic E-state index is 14.2. The topological polar surface area (TPSA) is 115 Å². The van der Waals surface area contributed by atoms with Crippen molar-refractivity contribution in [3.05, 3.63) is 71.9 Å². The average molecular weight is 622 g/mol. The molecule has 0 unspecified atom stereocenters. The Hall–Kier alpha value is -4.14. The first-order valence-electron chi connectivity index (χ1n) is 17.2. The van der Waals surface area contributed by atoms with Gasteiger partial charge in [-0.25, -0.2) is 4.79 Å². The number of H-pyrrole nitrogens is 1. The van der Waals surface area contributed by atoms with Gasteiger partial charge in [0.2, 0.25) is 17.7 Å². The van der Waals surface area contributed by atoms with Crippen molar-refractivity contribution >= 4 is 34.7 Å². The van der Waals surface area contributed by atoms with E-state index in [4.69, 9.17) is 0 Å². The summed E-state index contributed by atoms with van der Waals surface area (Å²) in [5.41, 5.74) is 2.87. The van der Waals surface area contributed by atoms with Crippen LogP contribution in [0.4, 0.5) is 4.79 Å². The summed E-state index contributed by atoms with van der Waals surface area (Å²) in [7, 11) is 0. The second kappa shape index (κ2) is 11.9. The monoisotopic (exact) mass is 621 g/mol. The van der Waals surface area contributed by atoms with Gasteiger partial charge >= 0.3 is 6.03 Å². The molecule has 6 fully saturated rings. The maximum absolute atomic E-state index is 14.2. The Labute approximate surface area is 269 Å². The Bertz CT molecular complexity index is 1620. The number of nitrogens with zero attached hydrogens (tertiary/aromatic N) is 2. The molecule has 0 spiro atoms. The maximum Gasteiger partial charge on any atom is 0.327 e. The summed E-state index contributed by atoms with van der Waals surface area (Å²) in [6, 6.07) is 15.7. The lowest BCUT2D eigenvalue weighted by Crippen LogP contribution is -2.66. The van der Waals surface area contributed by atoms with Gasteiger partial charge < -0.3 is 20.5 Å². The third-order valence-electron chi connectivity index (χ3n) is 11.7. The van der Waals surface area contributed by atoms with Crippen molar-refractivity contribution in [3.63, 3.8) is 0 Å². The number of rotatable bonds is 8. The zero-order chi connectivity index (χ0) is 31.4. The predicted octanol–water partition coefficient (Wildman–Crippen LogP) is 4.77.